The fraction of sp³-hybridized carbons (Fsp3) is 0.385. The van der Waals surface area contributed by atoms with Crippen LogP contribution in [0.1, 0.15) is 26.3 Å². The number of nitrogens with zero attached hydrogens (tertiary/aromatic N) is 1. The number of hydrogen-bond acceptors (Lipinski definition) is 4. The smallest absolute Gasteiger partial charge is 0.328 e. The molecule has 0 aliphatic rings. The van der Waals surface area contributed by atoms with Gasteiger partial charge in [0.25, 0.3) is 0 Å². The topological polar surface area (TPSA) is 96.4 Å². The molecule has 110 valence electrons. The molecule has 1 atom stereocenters. The molecule has 2 N–H and O–H groups in total. The molecule has 0 saturated carbocycles. The number of hydrogen-bond donors (Lipinski definition) is 2. The molecule has 0 aliphatic heterocycles. The van der Waals surface area contributed by atoms with Crippen molar-refractivity contribution < 1.29 is 18.3 Å². The Balaban J connectivity index is 3.01. The Morgan fingerprint density at radius 2 is 2.00 bits per heavy atom. The second-order valence-corrected chi connectivity index (χ2v) is 6.49. The number of carboxylic acid groups (broad SMARTS) is 1. The van der Waals surface area contributed by atoms with Gasteiger partial charge in [-0.3, -0.25) is 4.98 Å². The molecular formula is C13H18N2O4S. The predicted molar refractivity (Wildman–Crippen MR) is 75.5 cm³/mol. The van der Waals surface area contributed by atoms with Gasteiger partial charge in [0.15, 0.2) is 0 Å². The number of nitrogens with one attached hydrogen (secondary N) is 1. The van der Waals surface area contributed by atoms with Crippen LogP contribution in [-0.2, 0) is 14.8 Å². The summed E-state index contributed by atoms with van der Waals surface area (Å²) in [6.07, 6.45) is 4.84. The lowest BCUT2D eigenvalue weighted by Gasteiger charge is -2.17. The third-order valence-electron chi connectivity index (χ3n) is 2.80. The minimum absolute atomic E-state index is 0.0116. The molecule has 1 aromatic rings. The lowest BCUT2D eigenvalue weighted by Crippen LogP contribution is -2.36. The van der Waals surface area contributed by atoms with E-state index in [9.17, 15) is 13.2 Å². The van der Waals surface area contributed by atoms with E-state index in [-0.39, 0.29) is 16.9 Å². The largest absolute Gasteiger partial charge is 0.478 e. The fourth-order valence-electron chi connectivity index (χ4n) is 1.29. The van der Waals surface area contributed by atoms with E-state index in [0.29, 0.717) is 5.56 Å². The van der Waals surface area contributed by atoms with Crippen molar-refractivity contribution in [3.63, 3.8) is 0 Å². The number of rotatable bonds is 6. The van der Waals surface area contributed by atoms with Crippen LogP contribution in [0.5, 0.6) is 0 Å². The zero-order chi connectivity index (χ0) is 15.3. The van der Waals surface area contributed by atoms with Gasteiger partial charge in [-0.05, 0) is 30.5 Å². The summed E-state index contributed by atoms with van der Waals surface area (Å²) in [4.78, 5) is 14.3. The Bertz CT molecular complexity index is 609. The van der Waals surface area contributed by atoms with Crippen LogP contribution in [-0.4, -0.2) is 30.5 Å². The van der Waals surface area contributed by atoms with Gasteiger partial charge >= 0.3 is 5.97 Å². The lowest BCUT2D eigenvalue weighted by molar-refractivity contribution is -0.131. The van der Waals surface area contributed by atoms with E-state index in [2.05, 4.69) is 9.71 Å². The Hall–Kier alpha value is -1.73. The zero-order valence-electron chi connectivity index (χ0n) is 11.6. The number of aliphatic carboxylic acids is 1. The van der Waals surface area contributed by atoms with Crippen LogP contribution in [0.15, 0.2) is 29.4 Å². The first-order chi connectivity index (χ1) is 9.22. The van der Waals surface area contributed by atoms with E-state index in [1.165, 1.54) is 24.5 Å². The Labute approximate surface area is 118 Å². The minimum atomic E-state index is -3.66. The van der Waals surface area contributed by atoms with E-state index >= 15 is 0 Å². The molecule has 1 aromatic heterocycles. The van der Waals surface area contributed by atoms with Crippen LogP contribution in [0.4, 0.5) is 0 Å². The maximum Gasteiger partial charge on any atom is 0.328 e. The molecule has 0 bridgehead atoms. The molecule has 20 heavy (non-hydrogen) atoms. The van der Waals surface area contributed by atoms with E-state index in [0.717, 1.165) is 6.08 Å². The van der Waals surface area contributed by atoms with Crippen molar-refractivity contribution in [2.75, 3.05) is 0 Å². The lowest BCUT2D eigenvalue weighted by atomic mass is 10.1. The SMILES string of the molecule is CC(C)C(C)NS(=O)(=O)c1cncc(C=CC(=O)O)c1. The van der Waals surface area contributed by atoms with Crippen molar-refractivity contribution in [1.82, 2.24) is 9.71 Å². The molecule has 0 aromatic carbocycles. The summed E-state index contributed by atoms with van der Waals surface area (Å²) >= 11 is 0. The van der Waals surface area contributed by atoms with E-state index < -0.39 is 16.0 Å². The van der Waals surface area contributed by atoms with Gasteiger partial charge < -0.3 is 5.11 Å². The third-order valence-corrected chi connectivity index (χ3v) is 4.33. The third kappa shape index (κ3) is 4.75. The van der Waals surface area contributed by atoms with Crippen molar-refractivity contribution in [2.45, 2.75) is 31.7 Å². The zero-order valence-corrected chi connectivity index (χ0v) is 12.4. The molecule has 1 rings (SSSR count). The Kier molecular flexibility index (Phi) is 5.41. The number of aromatic nitrogens is 1. The monoisotopic (exact) mass is 298 g/mol. The number of carboxylic acids is 1. The van der Waals surface area contributed by atoms with Gasteiger partial charge in [-0.1, -0.05) is 13.8 Å². The van der Waals surface area contributed by atoms with Crippen molar-refractivity contribution >= 4 is 22.1 Å². The van der Waals surface area contributed by atoms with Crippen LogP contribution in [0.25, 0.3) is 6.08 Å². The highest BCUT2D eigenvalue weighted by Crippen LogP contribution is 2.13. The summed E-state index contributed by atoms with van der Waals surface area (Å²) in [7, 11) is -3.66. The molecule has 0 saturated heterocycles. The second-order valence-electron chi connectivity index (χ2n) is 4.78. The van der Waals surface area contributed by atoms with Gasteiger partial charge in [-0.2, -0.15) is 0 Å². The molecule has 1 heterocycles. The molecule has 0 aliphatic carbocycles. The van der Waals surface area contributed by atoms with Crippen LogP contribution in [0.2, 0.25) is 0 Å². The van der Waals surface area contributed by atoms with E-state index in [1.807, 2.05) is 13.8 Å². The van der Waals surface area contributed by atoms with Gasteiger partial charge in [-0.25, -0.2) is 17.9 Å². The molecular weight excluding hydrogens is 280 g/mol. The first-order valence-electron chi connectivity index (χ1n) is 6.11. The van der Waals surface area contributed by atoms with E-state index in [1.54, 1.807) is 6.92 Å². The van der Waals surface area contributed by atoms with Crippen LogP contribution < -0.4 is 4.72 Å². The maximum absolute atomic E-state index is 12.1. The summed E-state index contributed by atoms with van der Waals surface area (Å²) in [6.45, 7) is 5.61. The standard InChI is InChI=1S/C13H18N2O4S/c1-9(2)10(3)15-20(18,19)12-6-11(7-14-8-12)4-5-13(16)17/h4-10,15H,1-3H3,(H,16,17). The maximum atomic E-state index is 12.1. The average Bonchev–Trinajstić information content (AvgIpc) is 2.36. The highest BCUT2D eigenvalue weighted by molar-refractivity contribution is 7.89. The quantitative estimate of drug-likeness (QED) is 0.776. The van der Waals surface area contributed by atoms with Crippen molar-refractivity contribution in [2.24, 2.45) is 5.92 Å². The van der Waals surface area contributed by atoms with Crippen molar-refractivity contribution in [3.05, 3.63) is 30.1 Å². The van der Waals surface area contributed by atoms with E-state index in [4.69, 9.17) is 5.11 Å². The highest BCUT2D eigenvalue weighted by Gasteiger charge is 2.19. The van der Waals surface area contributed by atoms with Crippen molar-refractivity contribution in [1.29, 1.82) is 0 Å². The molecule has 0 amide bonds. The Morgan fingerprint density at radius 1 is 1.35 bits per heavy atom. The molecule has 0 radical (unpaired) electrons. The highest BCUT2D eigenvalue weighted by atomic mass is 32.2. The minimum Gasteiger partial charge on any atom is -0.478 e. The van der Waals surface area contributed by atoms with Gasteiger partial charge in [0.05, 0.1) is 0 Å². The first-order valence-corrected chi connectivity index (χ1v) is 7.59. The predicted octanol–water partition coefficient (Wildman–Crippen LogP) is 1.50. The van der Waals surface area contributed by atoms with Crippen LogP contribution in [0, 0.1) is 5.92 Å². The first kappa shape index (κ1) is 16.3. The number of pyridine rings is 1. The Morgan fingerprint density at radius 3 is 2.55 bits per heavy atom. The molecule has 0 spiro atoms. The summed E-state index contributed by atoms with van der Waals surface area (Å²) in [5, 5.41) is 8.55. The normalized spacial score (nSPS) is 13.8. The van der Waals surface area contributed by atoms with Gasteiger partial charge in [0, 0.05) is 24.5 Å². The van der Waals surface area contributed by atoms with Gasteiger partial charge in [0.2, 0.25) is 10.0 Å². The fourth-order valence-corrected chi connectivity index (χ4v) is 2.68. The summed E-state index contributed by atoms with van der Waals surface area (Å²) in [5.74, 6) is -0.947. The number of carbonyl (C=O) groups is 1. The van der Waals surface area contributed by atoms with Gasteiger partial charge in [0.1, 0.15) is 4.90 Å². The van der Waals surface area contributed by atoms with Crippen LogP contribution in [0.3, 0.4) is 0 Å². The summed E-state index contributed by atoms with van der Waals surface area (Å²) in [6, 6.07) is 1.17. The van der Waals surface area contributed by atoms with Crippen LogP contribution >= 0.6 is 0 Å². The summed E-state index contributed by atoms with van der Waals surface area (Å²) < 4.78 is 26.8. The molecule has 0 fully saturated rings. The van der Waals surface area contributed by atoms with Gasteiger partial charge in [-0.15, -0.1) is 0 Å². The molecule has 7 heteroatoms. The van der Waals surface area contributed by atoms with Crippen molar-refractivity contribution in [3.8, 4) is 0 Å². The second kappa shape index (κ2) is 6.62. The average molecular weight is 298 g/mol. The molecule has 6 nitrogen and oxygen atoms in total. The molecule has 1 unspecified atom stereocenters. The summed E-state index contributed by atoms with van der Waals surface area (Å²) in [5.41, 5.74) is 0.410. The number of sulfonamides is 1.